The van der Waals surface area contributed by atoms with Crippen molar-refractivity contribution in [1.29, 1.82) is 0 Å². The van der Waals surface area contributed by atoms with Gasteiger partial charge >= 0.3 is 0 Å². The number of nitrogens with one attached hydrogen (secondary N) is 2. The summed E-state index contributed by atoms with van der Waals surface area (Å²) in [7, 11) is 0. The lowest BCUT2D eigenvalue weighted by Crippen LogP contribution is -2.52. The van der Waals surface area contributed by atoms with Crippen LogP contribution in [0.5, 0.6) is 0 Å². The van der Waals surface area contributed by atoms with Gasteiger partial charge in [0.15, 0.2) is 5.11 Å². The highest BCUT2D eigenvalue weighted by Crippen LogP contribution is 2.59. The smallest absolute Gasteiger partial charge is 0.166 e. The quantitative estimate of drug-likeness (QED) is 0.773. The van der Waals surface area contributed by atoms with Gasteiger partial charge in [0.2, 0.25) is 0 Å². The van der Waals surface area contributed by atoms with E-state index in [0.717, 1.165) is 36.0 Å². The van der Waals surface area contributed by atoms with Crippen molar-refractivity contribution in [1.82, 2.24) is 10.6 Å². The van der Waals surface area contributed by atoms with E-state index in [9.17, 15) is 0 Å². The summed E-state index contributed by atoms with van der Waals surface area (Å²) < 4.78 is 0. The van der Waals surface area contributed by atoms with Crippen molar-refractivity contribution in [2.45, 2.75) is 52.4 Å². The van der Waals surface area contributed by atoms with Gasteiger partial charge in [-0.2, -0.15) is 0 Å². The Morgan fingerprint density at radius 1 is 1.05 bits per heavy atom. The minimum Gasteiger partial charge on any atom is -0.362 e. The van der Waals surface area contributed by atoms with Gasteiger partial charge in [-0.15, -0.1) is 0 Å². The molecule has 0 unspecified atom stereocenters. The van der Waals surface area contributed by atoms with Crippen molar-refractivity contribution in [3.05, 3.63) is 0 Å². The molecule has 19 heavy (non-hydrogen) atoms. The van der Waals surface area contributed by atoms with Crippen LogP contribution in [0.3, 0.4) is 0 Å². The Balaban J connectivity index is 1.51. The molecule has 0 aromatic heterocycles. The average molecular weight is 280 g/mol. The Labute approximate surface area is 123 Å². The molecule has 4 aliphatic rings. The fourth-order valence-corrected chi connectivity index (χ4v) is 5.29. The van der Waals surface area contributed by atoms with Gasteiger partial charge in [0.05, 0.1) is 0 Å². The topological polar surface area (TPSA) is 24.1 Å². The minimum absolute atomic E-state index is 0.582. The van der Waals surface area contributed by atoms with E-state index in [1.54, 1.807) is 0 Å². The van der Waals surface area contributed by atoms with E-state index in [2.05, 4.69) is 24.5 Å². The fourth-order valence-electron chi connectivity index (χ4n) is 5.13. The van der Waals surface area contributed by atoms with Crippen LogP contribution in [0.1, 0.15) is 52.4 Å². The number of hydrogen-bond donors (Lipinski definition) is 2. The average Bonchev–Trinajstić information content (AvgIpc) is 2.32. The second-order valence-electron chi connectivity index (χ2n) is 7.87. The van der Waals surface area contributed by atoms with Crippen LogP contribution in [0.25, 0.3) is 0 Å². The van der Waals surface area contributed by atoms with E-state index >= 15 is 0 Å². The molecule has 0 saturated heterocycles. The third kappa shape index (κ3) is 3.07. The molecule has 108 valence electrons. The first-order valence-corrected chi connectivity index (χ1v) is 8.47. The molecule has 4 fully saturated rings. The molecule has 2 N–H and O–H groups in total. The Kier molecular flexibility index (Phi) is 3.76. The molecular weight excluding hydrogens is 252 g/mol. The molecule has 4 bridgehead atoms. The maximum absolute atomic E-state index is 5.40. The van der Waals surface area contributed by atoms with Crippen LogP contribution in [0.2, 0.25) is 0 Å². The first-order chi connectivity index (χ1) is 9.05. The molecule has 4 aliphatic carbocycles. The molecule has 0 amide bonds. The normalized spacial score (nSPS) is 39.6. The maximum atomic E-state index is 5.40. The van der Waals surface area contributed by atoms with E-state index in [1.165, 1.54) is 38.5 Å². The summed E-state index contributed by atoms with van der Waals surface area (Å²) in [5.41, 5.74) is 0.582. The molecule has 0 aromatic rings. The summed E-state index contributed by atoms with van der Waals surface area (Å²) in [5, 5.41) is 7.72. The number of thiocarbonyl (C=S) groups is 1. The molecule has 0 aromatic carbocycles. The van der Waals surface area contributed by atoms with Crippen molar-refractivity contribution in [3.63, 3.8) is 0 Å². The molecule has 3 heteroatoms. The van der Waals surface area contributed by atoms with Gasteiger partial charge in [-0.3, -0.25) is 0 Å². The summed E-state index contributed by atoms with van der Waals surface area (Å²) in [5.74, 6) is 3.75. The molecule has 0 heterocycles. The van der Waals surface area contributed by atoms with Gasteiger partial charge in [0.25, 0.3) is 0 Å². The molecular formula is C16H28N2S. The van der Waals surface area contributed by atoms with Crippen molar-refractivity contribution in [3.8, 4) is 0 Å². The summed E-state index contributed by atoms with van der Waals surface area (Å²) in [6.07, 6.45) is 8.94. The van der Waals surface area contributed by atoms with Crippen LogP contribution < -0.4 is 10.6 Å². The first-order valence-electron chi connectivity index (χ1n) is 8.06. The molecule has 0 radical (unpaired) electrons. The van der Waals surface area contributed by atoms with Gasteiger partial charge in [0, 0.05) is 13.1 Å². The third-order valence-corrected chi connectivity index (χ3v) is 5.75. The highest BCUT2D eigenvalue weighted by atomic mass is 32.1. The van der Waals surface area contributed by atoms with Crippen molar-refractivity contribution in [2.75, 3.05) is 13.1 Å². The summed E-state index contributed by atoms with van der Waals surface area (Å²) in [6.45, 7) is 6.52. The summed E-state index contributed by atoms with van der Waals surface area (Å²) >= 11 is 5.40. The second-order valence-corrected chi connectivity index (χ2v) is 8.28. The highest BCUT2D eigenvalue weighted by Gasteiger charge is 2.50. The van der Waals surface area contributed by atoms with Gasteiger partial charge in [0.1, 0.15) is 0 Å². The van der Waals surface area contributed by atoms with Gasteiger partial charge in [-0.25, -0.2) is 0 Å². The second kappa shape index (κ2) is 5.23. The lowest BCUT2D eigenvalue weighted by Gasteiger charge is -2.57. The highest BCUT2D eigenvalue weighted by molar-refractivity contribution is 7.80. The van der Waals surface area contributed by atoms with Crippen LogP contribution in [0.15, 0.2) is 0 Å². The zero-order valence-corrected chi connectivity index (χ0v) is 13.2. The molecule has 2 nitrogen and oxygen atoms in total. The monoisotopic (exact) mass is 280 g/mol. The van der Waals surface area contributed by atoms with Crippen LogP contribution in [-0.2, 0) is 0 Å². The van der Waals surface area contributed by atoms with Crippen molar-refractivity contribution < 1.29 is 0 Å². The molecule has 0 spiro atoms. The van der Waals surface area contributed by atoms with E-state index in [-0.39, 0.29) is 0 Å². The largest absolute Gasteiger partial charge is 0.362 e. The third-order valence-electron chi connectivity index (χ3n) is 5.46. The van der Waals surface area contributed by atoms with Gasteiger partial charge in [-0.1, -0.05) is 13.8 Å². The first kappa shape index (κ1) is 13.7. The lowest BCUT2D eigenvalue weighted by molar-refractivity contribution is -0.0491. The van der Waals surface area contributed by atoms with Gasteiger partial charge in [-0.05, 0) is 79.8 Å². The van der Waals surface area contributed by atoms with Gasteiger partial charge < -0.3 is 10.6 Å². The fraction of sp³-hybridized carbons (Fsp3) is 0.938. The summed E-state index contributed by atoms with van der Waals surface area (Å²) in [6, 6.07) is 0. The zero-order chi connectivity index (χ0) is 13.5. The van der Waals surface area contributed by atoms with E-state index in [1.807, 2.05) is 0 Å². The predicted molar refractivity (Wildman–Crippen MR) is 84.0 cm³/mol. The zero-order valence-electron chi connectivity index (χ0n) is 12.4. The predicted octanol–water partition coefficient (Wildman–Crippen LogP) is 3.32. The Bertz CT molecular complexity index is 315. The number of rotatable bonds is 4. The van der Waals surface area contributed by atoms with Crippen LogP contribution in [0.4, 0.5) is 0 Å². The summed E-state index contributed by atoms with van der Waals surface area (Å²) in [4.78, 5) is 0. The van der Waals surface area contributed by atoms with Crippen LogP contribution in [-0.4, -0.2) is 18.2 Å². The van der Waals surface area contributed by atoms with Crippen molar-refractivity contribution >= 4 is 17.3 Å². The van der Waals surface area contributed by atoms with Crippen molar-refractivity contribution in [2.24, 2.45) is 29.1 Å². The Hall–Kier alpha value is -0.310. The maximum Gasteiger partial charge on any atom is 0.166 e. The SMILES string of the molecule is CC(C)CNC(=S)NCC12CC3CC(CC(C3)C1)C2. The standard InChI is InChI=1S/C16H28N2S/c1-11(2)9-17-15(19)18-10-16-6-12-3-13(7-16)5-14(4-12)8-16/h11-14H,3-10H2,1-2H3,(H2,17,18,19). The van der Waals surface area contributed by atoms with E-state index in [0.29, 0.717) is 11.3 Å². The lowest BCUT2D eigenvalue weighted by atomic mass is 9.49. The molecule has 0 atom stereocenters. The number of hydrogen-bond acceptors (Lipinski definition) is 1. The Morgan fingerprint density at radius 2 is 1.58 bits per heavy atom. The van der Waals surface area contributed by atoms with E-state index in [4.69, 9.17) is 12.2 Å². The van der Waals surface area contributed by atoms with Crippen LogP contribution in [0, 0.1) is 29.1 Å². The molecule has 4 saturated carbocycles. The van der Waals surface area contributed by atoms with E-state index < -0.39 is 0 Å². The molecule has 0 aliphatic heterocycles. The molecule has 4 rings (SSSR count). The Morgan fingerprint density at radius 3 is 2.05 bits per heavy atom. The van der Waals surface area contributed by atoms with Crippen LogP contribution >= 0.6 is 12.2 Å². The minimum atomic E-state index is 0.582.